The molecule has 1 aromatic heterocycles. The van der Waals surface area contributed by atoms with Gasteiger partial charge in [-0.2, -0.15) is 0 Å². The molecule has 3 rings (SSSR count). The molecular formula is C19H21N3O4. The van der Waals surface area contributed by atoms with Crippen LogP contribution in [-0.4, -0.2) is 29.3 Å². The van der Waals surface area contributed by atoms with Gasteiger partial charge < -0.3 is 15.1 Å². The number of hydrogen-bond donors (Lipinski definition) is 2. The molecule has 0 spiro atoms. The van der Waals surface area contributed by atoms with Crippen molar-refractivity contribution in [1.82, 2.24) is 10.2 Å². The fraction of sp³-hybridized carbons (Fsp3) is 0.316. The van der Waals surface area contributed by atoms with Crippen LogP contribution in [0.3, 0.4) is 0 Å². The predicted octanol–water partition coefficient (Wildman–Crippen LogP) is 2.64. The van der Waals surface area contributed by atoms with Crippen LogP contribution in [0.4, 0.5) is 10.5 Å². The van der Waals surface area contributed by atoms with E-state index in [-0.39, 0.29) is 6.54 Å². The number of carbonyl (C=O) groups is 3. The lowest BCUT2D eigenvalue weighted by Crippen LogP contribution is -2.41. The highest BCUT2D eigenvalue weighted by atomic mass is 16.3. The number of hydrogen-bond acceptors (Lipinski definition) is 4. The van der Waals surface area contributed by atoms with Crippen molar-refractivity contribution in [3.8, 4) is 0 Å². The summed E-state index contributed by atoms with van der Waals surface area (Å²) in [5.74, 6) is -0.642. The highest BCUT2D eigenvalue weighted by Crippen LogP contribution is 2.28. The molecule has 1 fully saturated rings. The molecule has 0 aliphatic carbocycles. The zero-order valence-electron chi connectivity index (χ0n) is 14.7. The first kappa shape index (κ1) is 17.7. The van der Waals surface area contributed by atoms with E-state index in [1.807, 2.05) is 24.3 Å². The summed E-state index contributed by atoms with van der Waals surface area (Å²) >= 11 is 0. The maximum absolute atomic E-state index is 12.6. The number of anilines is 1. The molecule has 2 heterocycles. The zero-order chi connectivity index (χ0) is 18.7. The fourth-order valence-corrected chi connectivity index (χ4v) is 2.96. The molecule has 26 heavy (non-hydrogen) atoms. The Morgan fingerprint density at radius 1 is 1.23 bits per heavy atom. The third kappa shape index (κ3) is 3.33. The normalized spacial score (nSPS) is 19.5. The van der Waals surface area contributed by atoms with Gasteiger partial charge in [0.1, 0.15) is 12.3 Å². The Hall–Kier alpha value is -3.09. The Morgan fingerprint density at radius 2 is 1.96 bits per heavy atom. The third-order valence-electron chi connectivity index (χ3n) is 4.37. The van der Waals surface area contributed by atoms with Crippen molar-refractivity contribution in [2.75, 3.05) is 11.9 Å². The number of carbonyl (C=O) groups excluding carboxylic acids is 3. The third-order valence-corrected chi connectivity index (χ3v) is 4.37. The second kappa shape index (κ2) is 7.03. The minimum Gasteiger partial charge on any atom is -0.466 e. The van der Waals surface area contributed by atoms with Crippen LogP contribution in [-0.2, 0) is 21.5 Å². The number of nitrogens with one attached hydrogen (secondary N) is 2. The predicted molar refractivity (Wildman–Crippen MR) is 95.4 cm³/mol. The van der Waals surface area contributed by atoms with Gasteiger partial charge in [0.15, 0.2) is 5.54 Å². The summed E-state index contributed by atoms with van der Waals surface area (Å²) in [6.07, 6.45) is 3.45. The van der Waals surface area contributed by atoms with Crippen LogP contribution in [0.5, 0.6) is 0 Å². The van der Waals surface area contributed by atoms with Gasteiger partial charge in [0.05, 0.1) is 6.26 Å². The number of rotatable bonds is 6. The van der Waals surface area contributed by atoms with Gasteiger partial charge in [0, 0.05) is 5.69 Å². The minimum atomic E-state index is -1.30. The van der Waals surface area contributed by atoms with Crippen LogP contribution < -0.4 is 10.6 Å². The Bertz CT molecular complexity index is 814. The van der Waals surface area contributed by atoms with Crippen LogP contribution in [0.15, 0.2) is 47.1 Å². The van der Waals surface area contributed by atoms with Gasteiger partial charge in [-0.25, -0.2) is 4.79 Å². The Morgan fingerprint density at radius 3 is 2.58 bits per heavy atom. The molecule has 7 nitrogen and oxygen atoms in total. The van der Waals surface area contributed by atoms with Crippen molar-refractivity contribution < 1.29 is 18.8 Å². The molecular weight excluding hydrogens is 334 g/mol. The van der Waals surface area contributed by atoms with Gasteiger partial charge in [-0.15, -0.1) is 0 Å². The Balaban J connectivity index is 1.65. The Labute approximate surface area is 151 Å². The minimum absolute atomic E-state index is 0.324. The van der Waals surface area contributed by atoms with Crippen LogP contribution in [0.25, 0.3) is 0 Å². The smallest absolute Gasteiger partial charge is 0.325 e. The van der Waals surface area contributed by atoms with Gasteiger partial charge in [-0.1, -0.05) is 25.5 Å². The van der Waals surface area contributed by atoms with Crippen LogP contribution >= 0.6 is 0 Å². The van der Waals surface area contributed by atoms with E-state index >= 15 is 0 Å². The highest BCUT2D eigenvalue weighted by molar-refractivity contribution is 6.09. The second-order valence-electron chi connectivity index (χ2n) is 6.42. The molecule has 1 saturated heterocycles. The molecule has 0 bridgehead atoms. The summed E-state index contributed by atoms with van der Waals surface area (Å²) in [4.78, 5) is 38.0. The van der Waals surface area contributed by atoms with Crippen molar-refractivity contribution in [3.05, 3.63) is 54.0 Å². The topological polar surface area (TPSA) is 91.7 Å². The lowest BCUT2D eigenvalue weighted by atomic mass is 9.99. The van der Waals surface area contributed by atoms with Gasteiger partial charge in [0.2, 0.25) is 5.91 Å². The molecule has 1 aromatic carbocycles. The van der Waals surface area contributed by atoms with E-state index in [9.17, 15) is 14.4 Å². The molecule has 0 radical (unpaired) electrons. The van der Waals surface area contributed by atoms with Gasteiger partial charge in [-0.3, -0.25) is 14.5 Å². The standard InChI is InChI=1S/C19H21N3O4/c1-3-5-13-7-9-14(10-8-13)20-16(23)12-22-17(24)19(2,21-18(22)25)15-6-4-11-26-15/h4,6-11H,3,5,12H2,1-2H3,(H,20,23)(H,21,25). The van der Waals surface area contributed by atoms with E-state index in [0.29, 0.717) is 11.4 Å². The molecule has 2 aromatic rings. The molecule has 2 N–H and O–H groups in total. The van der Waals surface area contributed by atoms with E-state index < -0.39 is 23.4 Å². The number of imide groups is 1. The quantitative estimate of drug-likeness (QED) is 0.779. The number of amides is 4. The number of furan rings is 1. The first-order chi connectivity index (χ1) is 12.4. The van der Waals surface area contributed by atoms with E-state index in [2.05, 4.69) is 17.6 Å². The summed E-state index contributed by atoms with van der Waals surface area (Å²) in [6.45, 7) is 3.29. The lowest BCUT2D eigenvalue weighted by molar-refractivity contribution is -0.134. The molecule has 1 unspecified atom stereocenters. The number of aryl methyl sites for hydroxylation is 1. The maximum Gasteiger partial charge on any atom is 0.325 e. The summed E-state index contributed by atoms with van der Waals surface area (Å²) in [5.41, 5.74) is 0.507. The largest absolute Gasteiger partial charge is 0.466 e. The first-order valence-corrected chi connectivity index (χ1v) is 8.51. The van der Waals surface area contributed by atoms with Crippen molar-refractivity contribution in [3.63, 3.8) is 0 Å². The van der Waals surface area contributed by atoms with Crippen molar-refractivity contribution in [2.24, 2.45) is 0 Å². The zero-order valence-corrected chi connectivity index (χ0v) is 14.7. The van der Waals surface area contributed by atoms with E-state index in [4.69, 9.17) is 4.42 Å². The molecule has 136 valence electrons. The van der Waals surface area contributed by atoms with Crippen LogP contribution in [0.2, 0.25) is 0 Å². The number of urea groups is 1. The van der Waals surface area contributed by atoms with E-state index in [1.165, 1.54) is 11.8 Å². The SMILES string of the molecule is CCCc1ccc(NC(=O)CN2C(=O)NC(C)(c3ccco3)C2=O)cc1. The number of benzene rings is 1. The van der Waals surface area contributed by atoms with Gasteiger partial charge >= 0.3 is 6.03 Å². The van der Waals surface area contributed by atoms with Crippen LogP contribution in [0, 0.1) is 0 Å². The lowest BCUT2D eigenvalue weighted by Gasteiger charge is -2.18. The van der Waals surface area contributed by atoms with Crippen molar-refractivity contribution in [2.45, 2.75) is 32.2 Å². The fourth-order valence-electron chi connectivity index (χ4n) is 2.96. The molecule has 0 saturated carbocycles. The maximum atomic E-state index is 12.6. The van der Waals surface area contributed by atoms with E-state index in [1.54, 1.807) is 19.1 Å². The molecule has 1 aliphatic rings. The van der Waals surface area contributed by atoms with Crippen molar-refractivity contribution >= 4 is 23.5 Å². The molecule has 1 aliphatic heterocycles. The average Bonchev–Trinajstić information content (AvgIpc) is 3.22. The summed E-state index contributed by atoms with van der Waals surface area (Å²) in [6, 6.07) is 10.1. The average molecular weight is 355 g/mol. The Kier molecular flexibility index (Phi) is 4.79. The second-order valence-corrected chi connectivity index (χ2v) is 6.42. The highest BCUT2D eigenvalue weighted by Gasteiger charge is 2.51. The molecule has 1 atom stereocenters. The summed E-state index contributed by atoms with van der Waals surface area (Å²) in [5, 5.41) is 5.29. The molecule has 7 heteroatoms. The number of nitrogens with zero attached hydrogens (tertiary/aromatic N) is 1. The summed E-state index contributed by atoms with van der Waals surface area (Å²) in [7, 11) is 0. The molecule has 4 amide bonds. The van der Waals surface area contributed by atoms with E-state index in [0.717, 1.165) is 17.7 Å². The van der Waals surface area contributed by atoms with Gasteiger partial charge in [0.25, 0.3) is 5.91 Å². The first-order valence-electron chi connectivity index (χ1n) is 8.51. The van der Waals surface area contributed by atoms with Crippen molar-refractivity contribution in [1.29, 1.82) is 0 Å². The van der Waals surface area contributed by atoms with Crippen LogP contribution in [0.1, 0.15) is 31.6 Å². The monoisotopic (exact) mass is 355 g/mol. The van der Waals surface area contributed by atoms with Gasteiger partial charge in [-0.05, 0) is 43.2 Å². The summed E-state index contributed by atoms with van der Waals surface area (Å²) < 4.78 is 5.26.